The predicted molar refractivity (Wildman–Crippen MR) is 84.4 cm³/mol. The number of aryl methyl sites for hydroxylation is 2. The molecule has 102 valence electrons. The molecule has 0 bridgehead atoms. The van der Waals surface area contributed by atoms with Crippen molar-refractivity contribution in [2.24, 2.45) is 10.7 Å². The summed E-state index contributed by atoms with van der Waals surface area (Å²) in [5.74, 6) is 1.31. The quantitative estimate of drug-likeness (QED) is 0.362. The first-order chi connectivity index (χ1) is 8.00. The van der Waals surface area contributed by atoms with Crippen LogP contribution in [0.25, 0.3) is 0 Å². The fraction of sp³-hybridized carbons (Fsp3) is 0.500. The minimum absolute atomic E-state index is 0. The number of aromatic nitrogens is 1. The normalized spacial score (nSPS) is 10.9. The number of halogens is 1. The summed E-state index contributed by atoms with van der Waals surface area (Å²) in [5, 5.41) is 6.95. The first-order valence-electron chi connectivity index (χ1n) is 5.60. The van der Waals surface area contributed by atoms with Crippen LogP contribution in [0.3, 0.4) is 0 Å². The van der Waals surface area contributed by atoms with Gasteiger partial charge in [-0.2, -0.15) is 0 Å². The molecule has 18 heavy (non-hydrogen) atoms. The number of nitrogens with one attached hydrogen (secondary N) is 1. The molecule has 1 aromatic heterocycles. The van der Waals surface area contributed by atoms with E-state index in [1.54, 1.807) is 0 Å². The van der Waals surface area contributed by atoms with Crippen molar-refractivity contribution < 1.29 is 4.52 Å². The van der Waals surface area contributed by atoms with Gasteiger partial charge in [-0.1, -0.05) is 17.3 Å². The average Bonchev–Trinajstić information content (AvgIpc) is 2.57. The number of aliphatic imine (C=N–C) groups is 1. The number of rotatable bonds is 5. The molecule has 6 heteroatoms. The Labute approximate surface area is 125 Å². The van der Waals surface area contributed by atoms with Crippen molar-refractivity contribution in [2.75, 3.05) is 13.1 Å². The second kappa shape index (κ2) is 8.12. The van der Waals surface area contributed by atoms with Gasteiger partial charge in [0.25, 0.3) is 0 Å². The predicted octanol–water partition coefficient (Wildman–Crippen LogP) is 1.93. The molecule has 3 N–H and O–H groups in total. The first-order valence-corrected chi connectivity index (χ1v) is 5.60. The standard InChI is InChI=1S/C12H20N4O.HI/c1-8(2)7-15-12(13)14-6-5-11-9(3)16-17-10(11)4;/h1,5-7H2,2-4H3,(H3,13,14,15);1H. The van der Waals surface area contributed by atoms with E-state index in [-0.39, 0.29) is 24.0 Å². The maximum absolute atomic E-state index is 5.70. The first kappa shape index (κ1) is 16.9. The van der Waals surface area contributed by atoms with Crippen LogP contribution < -0.4 is 11.1 Å². The lowest BCUT2D eigenvalue weighted by Gasteiger charge is -2.05. The summed E-state index contributed by atoms with van der Waals surface area (Å²) >= 11 is 0. The number of hydrogen-bond donors (Lipinski definition) is 2. The monoisotopic (exact) mass is 364 g/mol. The average molecular weight is 364 g/mol. The Hall–Kier alpha value is -1.05. The molecule has 0 unspecified atom stereocenters. The van der Waals surface area contributed by atoms with Gasteiger partial charge < -0.3 is 15.6 Å². The highest BCUT2D eigenvalue weighted by Crippen LogP contribution is 2.11. The second-order valence-electron chi connectivity index (χ2n) is 4.14. The van der Waals surface area contributed by atoms with Crippen molar-refractivity contribution in [1.82, 2.24) is 10.5 Å². The van der Waals surface area contributed by atoms with Gasteiger partial charge >= 0.3 is 0 Å². The molecule has 0 aliphatic heterocycles. The molecule has 0 amide bonds. The van der Waals surface area contributed by atoms with Crippen LogP contribution in [-0.2, 0) is 6.42 Å². The second-order valence-corrected chi connectivity index (χ2v) is 4.14. The van der Waals surface area contributed by atoms with Crippen LogP contribution in [-0.4, -0.2) is 24.2 Å². The zero-order valence-electron chi connectivity index (χ0n) is 11.1. The highest BCUT2D eigenvalue weighted by atomic mass is 127. The molecule has 0 atom stereocenters. The summed E-state index contributed by atoms with van der Waals surface area (Å²) in [5.41, 5.74) is 8.74. The molecule has 0 fully saturated rings. The summed E-state index contributed by atoms with van der Waals surface area (Å²) in [6, 6.07) is 0. The summed E-state index contributed by atoms with van der Waals surface area (Å²) in [4.78, 5) is 4.13. The SMILES string of the molecule is C=C(C)CN=C(N)NCCc1c(C)noc1C.I. The molecule has 0 aliphatic carbocycles. The van der Waals surface area contributed by atoms with Crippen LogP contribution in [0.15, 0.2) is 21.7 Å². The van der Waals surface area contributed by atoms with Gasteiger partial charge in [0, 0.05) is 12.1 Å². The highest BCUT2D eigenvalue weighted by Gasteiger charge is 2.07. The lowest BCUT2D eigenvalue weighted by atomic mass is 10.1. The summed E-state index contributed by atoms with van der Waals surface area (Å²) in [7, 11) is 0. The van der Waals surface area contributed by atoms with Gasteiger partial charge in [-0.25, -0.2) is 4.99 Å². The summed E-state index contributed by atoms with van der Waals surface area (Å²) in [6.45, 7) is 10.8. The number of hydrogen-bond acceptors (Lipinski definition) is 3. The fourth-order valence-electron chi connectivity index (χ4n) is 1.45. The van der Waals surface area contributed by atoms with Crippen LogP contribution in [0, 0.1) is 13.8 Å². The van der Waals surface area contributed by atoms with Crippen molar-refractivity contribution in [2.45, 2.75) is 27.2 Å². The summed E-state index contributed by atoms with van der Waals surface area (Å²) < 4.78 is 5.08. The van der Waals surface area contributed by atoms with Crippen LogP contribution in [0.5, 0.6) is 0 Å². The summed E-state index contributed by atoms with van der Waals surface area (Å²) in [6.07, 6.45) is 0.824. The molecule has 0 aromatic carbocycles. The Morgan fingerprint density at radius 2 is 2.17 bits per heavy atom. The van der Waals surface area contributed by atoms with E-state index < -0.39 is 0 Å². The topological polar surface area (TPSA) is 76.4 Å². The Kier molecular flexibility index (Phi) is 7.65. The number of nitrogens with two attached hydrogens (primary N) is 1. The van der Waals surface area contributed by atoms with Gasteiger partial charge in [0.1, 0.15) is 5.76 Å². The Balaban J connectivity index is 0.00000289. The molecule has 5 nitrogen and oxygen atoms in total. The lowest BCUT2D eigenvalue weighted by molar-refractivity contribution is 0.392. The van der Waals surface area contributed by atoms with Crippen LogP contribution >= 0.6 is 24.0 Å². The Morgan fingerprint density at radius 3 is 2.67 bits per heavy atom. The van der Waals surface area contributed by atoms with E-state index in [0.29, 0.717) is 19.0 Å². The van der Waals surface area contributed by atoms with Crippen molar-refractivity contribution in [1.29, 1.82) is 0 Å². The number of guanidine groups is 1. The van der Waals surface area contributed by atoms with Crippen LogP contribution in [0.1, 0.15) is 23.9 Å². The third kappa shape index (κ3) is 5.52. The van der Waals surface area contributed by atoms with Gasteiger partial charge in [-0.3, -0.25) is 0 Å². The number of nitrogens with zero attached hydrogens (tertiary/aromatic N) is 2. The molecular formula is C12H21IN4O. The minimum atomic E-state index is 0. The lowest BCUT2D eigenvalue weighted by Crippen LogP contribution is -2.33. The van der Waals surface area contributed by atoms with E-state index >= 15 is 0 Å². The third-order valence-electron chi connectivity index (χ3n) is 2.38. The molecule has 1 heterocycles. The maximum atomic E-state index is 5.70. The molecule has 0 saturated heterocycles. The van der Waals surface area contributed by atoms with E-state index in [1.807, 2.05) is 20.8 Å². The van der Waals surface area contributed by atoms with E-state index in [1.165, 1.54) is 0 Å². The Bertz CT molecular complexity index is 406. The molecular weight excluding hydrogens is 343 g/mol. The van der Waals surface area contributed by atoms with Crippen molar-refractivity contribution in [3.05, 3.63) is 29.2 Å². The van der Waals surface area contributed by atoms with E-state index in [2.05, 4.69) is 22.0 Å². The van der Waals surface area contributed by atoms with Crippen molar-refractivity contribution in [3.8, 4) is 0 Å². The maximum Gasteiger partial charge on any atom is 0.188 e. The van der Waals surface area contributed by atoms with E-state index in [9.17, 15) is 0 Å². The zero-order chi connectivity index (χ0) is 12.8. The van der Waals surface area contributed by atoms with Crippen molar-refractivity contribution in [3.63, 3.8) is 0 Å². The molecule has 0 saturated carbocycles. The molecule has 0 radical (unpaired) electrons. The van der Waals surface area contributed by atoms with Crippen molar-refractivity contribution >= 4 is 29.9 Å². The minimum Gasteiger partial charge on any atom is -0.370 e. The van der Waals surface area contributed by atoms with Gasteiger partial charge in [-0.05, 0) is 27.2 Å². The Morgan fingerprint density at radius 1 is 1.50 bits per heavy atom. The van der Waals surface area contributed by atoms with Crippen LogP contribution in [0.4, 0.5) is 0 Å². The molecule has 1 aromatic rings. The van der Waals surface area contributed by atoms with Gasteiger partial charge in [0.15, 0.2) is 5.96 Å². The fourth-order valence-corrected chi connectivity index (χ4v) is 1.45. The van der Waals surface area contributed by atoms with Gasteiger partial charge in [-0.15, -0.1) is 24.0 Å². The smallest absolute Gasteiger partial charge is 0.188 e. The highest BCUT2D eigenvalue weighted by molar-refractivity contribution is 14.0. The largest absolute Gasteiger partial charge is 0.370 e. The van der Waals surface area contributed by atoms with E-state index in [4.69, 9.17) is 10.3 Å². The zero-order valence-corrected chi connectivity index (χ0v) is 13.4. The van der Waals surface area contributed by atoms with Gasteiger partial charge in [0.05, 0.1) is 12.2 Å². The van der Waals surface area contributed by atoms with Gasteiger partial charge in [0.2, 0.25) is 0 Å². The molecule has 0 spiro atoms. The molecule has 1 rings (SSSR count). The third-order valence-corrected chi connectivity index (χ3v) is 2.38. The van der Waals surface area contributed by atoms with Crippen LogP contribution in [0.2, 0.25) is 0 Å². The van der Waals surface area contributed by atoms with E-state index in [0.717, 1.165) is 29.0 Å². The molecule has 0 aliphatic rings.